The molecule has 0 aromatic heterocycles. The Bertz CT molecular complexity index is 1220. The zero-order valence-electron chi connectivity index (χ0n) is 22.9. The fourth-order valence-corrected chi connectivity index (χ4v) is 5.58. The molecular weight excluding hydrogens is 506 g/mol. The van der Waals surface area contributed by atoms with E-state index in [9.17, 15) is 15.0 Å². The zero-order chi connectivity index (χ0) is 27.9. The largest absolute Gasteiger partial charge is 0.395 e. The first-order chi connectivity index (χ1) is 19.5. The maximum atomic E-state index is 12.4. The van der Waals surface area contributed by atoms with Crippen LogP contribution in [0.5, 0.6) is 0 Å². The summed E-state index contributed by atoms with van der Waals surface area (Å²) in [4.78, 5) is 14.7. The normalized spacial score (nSPS) is 25.0. The van der Waals surface area contributed by atoms with E-state index in [-0.39, 0.29) is 43.4 Å². The number of nitrogens with one attached hydrogen (secondary N) is 2. The highest BCUT2D eigenvalue weighted by atomic mass is 16.7. The van der Waals surface area contributed by atoms with E-state index in [0.29, 0.717) is 12.2 Å². The summed E-state index contributed by atoms with van der Waals surface area (Å²) < 4.78 is 13.1. The average Bonchev–Trinajstić information content (AvgIpc) is 3.45. The number of anilines is 1. The van der Waals surface area contributed by atoms with Gasteiger partial charge < -0.3 is 30.3 Å². The first-order valence-electron chi connectivity index (χ1n) is 14.1. The van der Waals surface area contributed by atoms with Crippen molar-refractivity contribution in [1.82, 2.24) is 10.2 Å². The number of aliphatic hydroxyl groups is 2. The van der Waals surface area contributed by atoms with Gasteiger partial charge in [-0.2, -0.15) is 0 Å². The molecule has 8 heteroatoms. The number of carbonyl (C=O) groups excluding carboxylic acids is 1. The van der Waals surface area contributed by atoms with E-state index in [2.05, 4.69) is 22.5 Å². The number of aliphatic hydroxyl groups excluding tert-OH is 2. The molecule has 0 radical (unpaired) electrons. The Morgan fingerprint density at radius 1 is 0.925 bits per heavy atom. The van der Waals surface area contributed by atoms with E-state index >= 15 is 0 Å². The van der Waals surface area contributed by atoms with Crippen LogP contribution in [0.25, 0.3) is 0 Å². The number of benzene rings is 3. The molecule has 4 N–H and O–H groups in total. The third-order valence-electron chi connectivity index (χ3n) is 7.98. The third kappa shape index (κ3) is 6.89. The number of amides is 2. The van der Waals surface area contributed by atoms with E-state index in [4.69, 9.17) is 9.47 Å². The Kier molecular flexibility index (Phi) is 9.46. The minimum atomic E-state index is -0.583. The highest BCUT2D eigenvalue weighted by molar-refractivity contribution is 5.89. The van der Waals surface area contributed by atoms with Gasteiger partial charge in [0.15, 0.2) is 6.29 Å². The number of hydrogen-bond donors (Lipinski definition) is 4. The van der Waals surface area contributed by atoms with Crippen LogP contribution >= 0.6 is 0 Å². The first kappa shape index (κ1) is 28.3. The monoisotopic (exact) mass is 545 g/mol. The van der Waals surface area contributed by atoms with E-state index in [1.165, 1.54) is 0 Å². The number of ether oxygens (including phenoxy) is 2. The number of hydrogen-bond acceptors (Lipinski definition) is 6. The van der Waals surface area contributed by atoms with Crippen LogP contribution in [0.4, 0.5) is 10.5 Å². The Morgan fingerprint density at radius 2 is 1.65 bits per heavy atom. The summed E-state index contributed by atoms with van der Waals surface area (Å²) in [6, 6.07) is 25.1. The summed E-state index contributed by atoms with van der Waals surface area (Å²) in [7, 11) is 0. The van der Waals surface area contributed by atoms with Gasteiger partial charge in [0.25, 0.3) is 0 Å². The molecule has 2 saturated heterocycles. The van der Waals surface area contributed by atoms with E-state index in [1.54, 1.807) is 0 Å². The van der Waals surface area contributed by atoms with Crippen molar-refractivity contribution in [3.8, 4) is 0 Å². The summed E-state index contributed by atoms with van der Waals surface area (Å²) in [5.74, 6) is 0.0745. The minimum Gasteiger partial charge on any atom is -0.395 e. The van der Waals surface area contributed by atoms with Crippen molar-refractivity contribution in [3.05, 3.63) is 101 Å². The SMILES string of the molecule is CC1C(CN2CCCC2CO)OC(c2ccc(NC(=O)NCc3ccccc3)cc2)OC1c1ccc(CO)cc1. The fourth-order valence-electron chi connectivity index (χ4n) is 5.58. The minimum absolute atomic E-state index is 0.00209. The molecule has 2 aliphatic rings. The Labute approximate surface area is 235 Å². The maximum Gasteiger partial charge on any atom is 0.319 e. The summed E-state index contributed by atoms with van der Waals surface area (Å²) in [6.45, 7) is 4.42. The second-order valence-electron chi connectivity index (χ2n) is 10.7. The predicted molar refractivity (Wildman–Crippen MR) is 153 cm³/mol. The molecule has 2 aliphatic heterocycles. The first-order valence-corrected chi connectivity index (χ1v) is 14.1. The summed E-state index contributed by atoms with van der Waals surface area (Å²) in [6.07, 6.45) is 1.19. The topological polar surface area (TPSA) is 103 Å². The summed E-state index contributed by atoms with van der Waals surface area (Å²) in [5.41, 5.74) is 4.47. The molecule has 2 fully saturated rings. The van der Waals surface area contributed by atoms with Crippen LogP contribution in [0.2, 0.25) is 0 Å². The van der Waals surface area contributed by atoms with Crippen molar-refractivity contribution in [1.29, 1.82) is 0 Å². The molecule has 2 heterocycles. The lowest BCUT2D eigenvalue weighted by atomic mass is 9.90. The lowest BCUT2D eigenvalue weighted by Gasteiger charge is -2.43. The Balaban J connectivity index is 1.28. The molecule has 2 amide bonds. The lowest BCUT2D eigenvalue weighted by molar-refractivity contribution is -0.276. The molecule has 5 unspecified atom stereocenters. The van der Waals surface area contributed by atoms with Gasteiger partial charge in [0.1, 0.15) is 0 Å². The quantitative estimate of drug-likeness (QED) is 0.310. The molecule has 3 aromatic rings. The number of rotatable bonds is 9. The molecule has 0 aliphatic carbocycles. The summed E-state index contributed by atoms with van der Waals surface area (Å²) >= 11 is 0. The second-order valence-corrected chi connectivity index (χ2v) is 10.7. The number of nitrogens with zero attached hydrogens (tertiary/aromatic N) is 1. The molecular formula is C32H39N3O5. The molecule has 40 heavy (non-hydrogen) atoms. The number of likely N-dealkylation sites (tertiary alicyclic amines) is 1. The van der Waals surface area contributed by atoms with Gasteiger partial charge >= 0.3 is 6.03 Å². The average molecular weight is 546 g/mol. The molecule has 5 atom stereocenters. The van der Waals surface area contributed by atoms with Gasteiger partial charge in [0, 0.05) is 36.3 Å². The highest BCUT2D eigenvalue weighted by Gasteiger charge is 2.40. The van der Waals surface area contributed by atoms with Crippen molar-refractivity contribution in [2.45, 2.75) is 57.5 Å². The molecule has 5 rings (SSSR count). The Morgan fingerprint density at radius 3 is 2.35 bits per heavy atom. The van der Waals surface area contributed by atoms with Crippen molar-refractivity contribution in [2.24, 2.45) is 5.92 Å². The predicted octanol–water partition coefficient (Wildman–Crippen LogP) is 4.75. The lowest BCUT2D eigenvalue weighted by Crippen LogP contribution is -2.46. The smallest absolute Gasteiger partial charge is 0.319 e. The van der Waals surface area contributed by atoms with Crippen molar-refractivity contribution < 1.29 is 24.5 Å². The van der Waals surface area contributed by atoms with E-state index < -0.39 is 6.29 Å². The second kappa shape index (κ2) is 13.4. The van der Waals surface area contributed by atoms with Crippen LogP contribution in [-0.2, 0) is 22.6 Å². The summed E-state index contributed by atoms with van der Waals surface area (Å²) in [5, 5.41) is 25.1. The van der Waals surface area contributed by atoms with Crippen LogP contribution in [0.1, 0.15) is 54.4 Å². The zero-order valence-corrected chi connectivity index (χ0v) is 22.9. The molecule has 3 aromatic carbocycles. The molecule has 212 valence electrons. The maximum absolute atomic E-state index is 12.4. The molecule has 0 spiro atoms. The van der Waals surface area contributed by atoms with Crippen molar-refractivity contribution >= 4 is 11.7 Å². The highest BCUT2D eigenvalue weighted by Crippen LogP contribution is 2.42. The van der Waals surface area contributed by atoms with Crippen LogP contribution in [0.3, 0.4) is 0 Å². The Hall–Kier alpha value is -3.27. The van der Waals surface area contributed by atoms with Gasteiger partial charge in [-0.1, -0.05) is 73.7 Å². The van der Waals surface area contributed by atoms with E-state index in [1.807, 2.05) is 78.9 Å². The van der Waals surface area contributed by atoms with Gasteiger partial charge in [-0.05, 0) is 48.2 Å². The molecule has 0 bridgehead atoms. The van der Waals surface area contributed by atoms with E-state index in [0.717, 1.165) is 48.2 Å². The fraction of sp³-hybridized carbons (Fsp3) is 0.406. The van der Waals surface area contributed by atoms with Gasteiger partial charge in [-0.3, -0.25) is 4.90 Å². The molecule has 0 saturated carbocycles. The van der Waals surface area contributed by atoms with Crippen molar-refractivity contribution in [3.63, 3.8) is 0 Å². The number of urea groups is 1. The number of carbonyl (C=O) groups is 1. The van der Waals surface area contributed by atoms with Crippen LogP contribution in [-0.4, -0.2) is 53.0 Å². The van der Waals surface area contributed by atoms with Gasteiger partial charge in [0.2, 0.25) is 0 Å². The standard InChI is InChI=1S/C32H39N3O5/c1-22-29(19-35-17-5-8-28(35)21-37)39-31(40-30(22)25-11-9-24(20-36)10-12-25)26-13-15-27(16-14-26)34-32(38)33-18-23-6-3-2-4-7-23/h2-4,6-7,9-16,22,28-31,36-37H,5,8,17-21H2,1H3,(H2,33,34,38). The van der Waals surface area contributed by atoms with Gasteiger partial charge in [-0.25, -0.2) is 4.79 Å². The van der Waals surface area contributed by atoms with Crippen LogP contribution in [0, 0.1) is 5.92 Å². The molecule has 8 nitrogen and oxygen atoms in total. The van der Waals surface area contributed by atoms with Crippen molar-refractivity contribution in [2.75, 3.05) is 25.0 Å². The third-order valence-corrected chi connectivity index (χ3v) is 7.98. The van der Waals surface area contributed by atoms with Gasteiger partial charge in [-0.15, -0.1) is 0 Å². The van der Waals surface area contributed by atoms with Crippen LogP contribution < -0.4 is 10.6 Å². The van der Waals surface area contributed by atoms with Crippen LogP contribution in [0.15, 0.2) is 78.9 Å². The van der Waals surface area contributed by atoms with Gasteiger partial charge in [0.05, 0.1) is 25.4 Å².